The molecule has 2 atom stereocenters. The Hall–Kier alpha value is -3.72. The third-order valence-electron chi connectivity index (χ3n) is 4.76. The number of aliphatic hydroxyl groups excluding tert-OH is 1. The lowest BCUT2D eigenvalue weighted by molar-refractivity contribution is -0.137. The quantitative estimate of drug-likeness (QED) is 0.238. The standard InChI is InChI=1S/C26H29F2NO6/c1-3-33-24(31)8-6-4-5-7-18(2)25(19-9-12-21(13-10-19)34-16-15-30)35-26(32)29-23-14-11-20(27)17-22(23)28/h4-6,8-14,17-18,25,30H,3,7,15-16H2,1-2H3,(H,29,32)/b5-4+,8-6+/t18-,25+/m0/s1. The molecule has 0 aliphatic heterocycles. The maximum Gasteiger partial charge on any atom is 0.412 e. The van der Waals surface area contributed by atoms with E-state index >= 15 is 0 Å². The van der Waals surface area contributed by atoms with Crippen molar-refractivity contribution < 1.29 is 37.7 Å². The van der Waals surface area contributed by atoms with Crippen molar-refractivity contribution in [2.45, 2.75) is 26.4 Å². The van der Waals surface area contributed by atoms with Crippen molar-refractivity contribution >= 4 is 17.7 Å². The van der Waals surface area contributed by atoms with Gasteiger partial charge in [0.05, 0.1) is 18.9 Å². The van der Waals surface area contributed by atoms with Gasteiger partial charge < -0.3 is 19.3 Å². The number of anilines is 1. The van der Waals surface area contributed by atoms with Crippen molar-refractivity contribution in [3.8, 4) is 5.75 Å². The first-order valence-electron chi connectivity index (χ1n) is 11.1. The fraction of sp³-hybridized carbons (Fsp3) is 0.308. The highest BCUT2D eigenvalue weighted by molar-refractivity contribution is 5.85. The van der Waals surface area contributed by atoms with Gasteiger partial charge in [0.25, 0.3) is 0 Å². The van der Waals surface area contributed by atoms with Gasteiger partial charge in [0.15, 0.2) is 0 Å². The fourth-order valence-electron chi connectivity index (χ4n) is 3.10. The fourth-order valence-corrected chi connectivity index (χ4v) is 3.10. The van der Waals surface area contributed by atoms with Gasteiger partial charge in [-0.3, -0.25) is 5.32 Å². The number of benzene rings is 2. The van der Waals surface area contributed by atoms with Crippen LogP contribution in [0.25, 0.3) is 0 Å². The van der Waals surface area contributed by atoms with Crippen LogP contribution in [-0.4, -0.2) is 37.0 Å². The molecule has 2 aromatic carbocycles. The van der Waals surface area contributed by atoms with Crippen molar-refractivity contribution in [3.63, 3.8) is 0 Å². The molecule has 188 valence electrons. The van der Waals surface area contributed by atoms with Crippen LogP contribution in [0.4, 0.5) is 19.3 Å². The largest absolute Gasteiger partial charge is 0.491 e. The van der Waals surface area contributed by atoms with Gasteiger partial charge in [0.2, 0.25) is 0 Å². The van der Waals surface area contributed by atoms with E-state index in [4.69, 9.17) is 19.3 Å². The molecule has 2 rings (SSSR count). The van der Waals surface area contributed by atoms with E-state index in [2.05, 4.69) is 5.32 Å². The third kappa shape index (κ3) is 9.58. The van der Waals surface area contributed by atoms with Crippen molar-refractivity contribution in [1.82, 2.24) is 0 Å². The minimum Gasteiger partial charge on any atom is -0.491 e. The van der Waals surface area contributed by atoms with Crippen molar-refractivity contribution in [2.75, 3.05) is 25.1 Å². The van der Waals surface area contributed by atoms with Crippen LogP contribution in [0, 0.1) is 17.6 Å². The molecule has 0 aliphatic rings. The lowest BCUT2D eigenvalue weighted by Crippen LogP contribution is -2.22. The van der Waals surface area contributed by atoms with Gasteiger partial charge in [-0.15, -0.1) is 0 Å². The van der Waals surface area contributed by atoms with Crippen LogP contribution in [0.1, 0.15) is 31.9 Å². The second-order valence-corrected chi connectivity index (χ2v) is 7.47. The molecule has 0 aliphatic carbocycles. The SMILES string of the molecule is CCOC(=O)/C=C/C=C/C[C@H](C)[C@@H](OC(=O)Nc1ccc(F)cc1F)c1ccc(OCCO)cc1. The Kier molecular flexibility index (Phi) is 11.4. The molecule has 0 saturated heterocycles. The van der Waals surface area contributed by atoms with Crippen LogP contribution in [-0.2, 0) is 14.3 Å². The molecule has 0 radical (unpaired) electrons. The van der Waals surface area contributed by atoms with E-state index in [-0.39, 0.29) is 31.4 Å². The van der Waals surface area contributed by atoms with Gasteiger partial charge >= 0.3 is 12.1 Å². The number of carbonyl (C=O) groups is 2. The van der Waals surface area contributed by atoms with Gasteiger partial charge in [-0.25, -0.2) is 18.4 Å². The number of hydrogen-bond acceptors (Lipinski definition) is 6. The summed E-state index contributed by atoms with van der Waals surface area (Å²) >= 11 is 0. The molecule has 0 spiro atoms. The minimum atomic E-state index is -0.923. The number of carbonyl (C=O) groups excluding carboxylic acids is 2. The first kappa shape index (κ1) is 27.5. The average Bonchev–Trinajstić information content (AvgIpc) is 2.83. The topological polar surface area (TPSA) is 94.1 Å². The van der Waals surface area contributed by atoms with E-state index in [0.29, 0.717) is 23.8 Å². The minimum absolute atomic E-state index is 0.123. The van der Waals surface area contributed by atoms with E-state index < -0.39 is 29.8 Å². The lowest BCUT2D eigenvalue weighted by atomic mass is 9.94. The first-order chi connectivity index (χ1) is 16.8. The van der Waals surface area contributed by atoms with Crippen LogP contribution >= 0.6 is 0 Å². The maximum absolute atomic E-state index is 13.9. The Labute approximate surface area is 203 Å². The average molecular weight is 490 g/mol. The molecule has 0 saturated carbocycles. The van der Waals surface area contributed by atoms with Gasteiger partial charge in [-0.2, -0.15) is 0 Å². The number of ether oxygens (including phenoxy) is 3. The zero-order valence-electron chi connectivity index (χ0n) is 19.6. The highest BCUT2D eigenvalue weighted by atomic mass is 19.1. The molecule has 2 aromatic rings. The number of nitrogens with one attached hydrogen (secondary N) is 1. The maximum atomic E-state index is 13.9. The van der Waals surface area contributed by atoms with E-state index in [0.717, 1.165) is 12.1 Å². The number of hydrogen-bond donors (Lipinski definition) is 2. The van der Waals surface area contributed by atoms with Crippen LogP contribution in [0.3, 0.4) is 0 Å². The molecule has 0 bridgehead atoms. The molecule has 0 heterocycles. The molecule has 9 heteroatoms. The van der Waals surface area contributed by atoms with E-state index in [1.54, 1.807) is 43.3 Å². The smallest absolute Gasteiger partial charge is 0.412 e. The Morgan fingerprint density at radius 2 is 1.86 bits per heavy atom. The second-order valence-electron chi connectivity index (χ2n) is 7.47. The predicted molar refractivity (Wildman–Crippen MR) is 127 cm³/mol. The number of amides is 1. The highest BCUT2D eigenvalue weighted by Gasteiger charge is 2.24. The summed E-state index contributed by atoms with van der Waals surface area (Å²) in [6.07, 6.45) is 5.21. The number of aliphatic hydroxyl groups is 1. The van der Waals surface area contributed by atoms with E-state index in [1.165, 1.54) is 6.08 Å². The Morgan fingerprint density at radius 1 is 1.11 bits per heavy atom. The summed E-state index contributed by atoms with van der Waals surface area (Å²) in [6, 6.07) is 9.62. The molecule has 0 fully saturated rings. The Bertz CT molecular complexity index is 1020. The van der Waals surface area contributed by atoms with Crippen LogP contribution in [0.2, 0.25) is 0 Å². The van der Waals surface area contributed by atoms with Gasteiger partial charge in [-0.05, 0) is 43.2 Å². The molecule has 2 N–H and O–H groups in total. The first-order valence-corrected chi connectivity index (χ1v) is 11.1. The number of halogens is 2. The Balaban J connectivity index is 2.13. The summed E-state index contributed by atoms with van der Waals surface area (Å²) in [5, 5.41) is 11.2. The molecule has 0 aromatic heterocycles. The number of esters is 1. The van der Waals surface area contributed by atoms with E-state index in [9.17, 15) is 18.4 Å². The summed E-state index contributed by atoms with van der Waals surface area (Å²) < 4.78 is 42.9. The molecule has 0 unspecified atom stereocenters. The summed E-state index contributed by atoms with van der Waals surface area (Å²) in [7, 11) is 0. The zero-order valence-corrected chi connectivity index (χ0v) is 19.6. The normalized spacial score (nSPS) is 12.9. The molecule has 1 amide bonds. The zero-order chi connectivity index (χ0) is 25.6. The monoisotopic (exact) mass is 489 g/mol. The number of allylic oxidation sites excluding steroid dienone is 3. The highest BCUT2D eigenvalue weighted by Crippen LogP contribution is 2.31. The number of rotatable bonds is 12. The Morgan fingerprint density at radius 3 is 2.51 bits per heavy atom. The van der Waals surface area contributed by atoms with Crippen LogP contribution in [0.15, 0.2) is 66.8 Å². The molecular formula is C26H29F2NO6. The van der Waals surface area contributed by atoms with Crippen LogP contribution < -0.4 is 10.1 Å². The van der Waals surface area contributed by atoms with Gasteiger partial charge in [-0.1, -0.05) is 37.3 Å². The summed E-state index contributed by atoms with van der Waals surface area (Å²) in [6.45, 7) is 3.89. The third-order valence-corrected chi connectivity index (χ3v) is 4.76. The van der Waals surface area contributed by atoms with Crippen molar-refractivity contribution in [3.05, 3.63) is 84.0 Å². The van der Waals surface area contributed by atoms with Crippen molar-refractivity contribution in [1.29, 1.82) is 0 Å². The van der Waals surface area contributed by atoms with Gasteiger partial charge in [0.1, 0.15) is 30.1 Å². The second kappa shape index (κ2) is 14.5. The molecule has 35 heavy (non-hydrogen) atoms. The van der Waals surface area contributed by atoms with Gasteiger partial charge in [0, 0.05) is 18.1 Å². The summed E-state index contributed by atoms with van der Waals surface area (Å²) in [5.74, 6) is -1.81. The lowest BCUT2D eigenvalue weighted by Gasteiger charge is -2.24. The van der Waals surface area contributed by atoms with E-state index in [1.807, 2.05) is 13.0 Å². The summed E-state index contributed by atoms with van der Waals surface area (Å²) in [5.41, 5.74) is 0.457. The summed E-state index contributed by atoms with van der Waals surface area (Å²) in [4.78, 5) is 23.9. The van der Waals surface area contributed by atoms with Crippen molar-refractivity contribution in [2.24, 2.45) is 5.92 Å². The van der Waals surface area contributed by atoms with Crippen LogP contribution in [0.5, 0.6) is 5.75 Å². The molecule has 7 nitrogen and oxygen atoms in total. The molecular weight excluding hydrogens is 460 g/mol. The predicted octanol–water partition coefficient (Wildman–Crippen LogP) is 5.33.